The topological polar surface area (TPSA) is 100 Å². The molecule has 6 nitrogen and oxygen atoms in total. The van der Waals surface area contributed by atoms with E-state index in [4.69, 9.17) is 9.15 Å². The summed E-state index contributed by atoms with van der Waals surface area (Å²) in [7, 11) is 0. The summed E-state index contributed by atoms with van der Waals surface area (Å²) in [4.78, 5) is 12.7. The number of fused-ring (bicyclic) bond motifs is 1. The molecule has 1 aromatic heterocycles. The number of phenolic OH excluding ortho intramolecular Hbond substituents is 3. The van der Waals surface area contributed by atoms with E-state index in [-0.39, 0.29) is 45.2 Å². The summed E-state index contributed by atoms with van der Waals surface area (Å²) in [5.74, 6) is -0.155. The predicted octanol–water partition coefficient (Wildman–Crippen LogP) is 4.54. The molecular weight excluding hydrogens is 348 g/mol. The van der Waals surface area contributed by atoms with Crippen molar-refractivity contribution in [2.24, 2.45) is 0 Å². The molecule has 27 heavy (non-hydrogen) atoms. The Balaban J connectivity index is 1.98. The molecule has 0 atom stereocenters. The van der Waals surface area contributed by atoms with Crippen LogP contribution in [0.1, 0.15) is 32.6 Å². The molecule has 0 unspecified atom stereocenters. The Bertz CT molecular complexity index is 1010. The second-order valence-electron chi connectivity index (χ2n) is 6.40. The summed E-state index contributed by atoms with van der Waals surface area (Å²) >= 11 is 0. The maximum absolute atomic E-state index is 12.7. The zero-order valence-electron chi connectivity index (χ0n) is 15.1. The van der Waals surface area contributed by atoms with Gasteiger partial charge in [0, 0.05) is 23.8 Å². The number of hydrogen-bond donors (Lipinski definition) is 3. The highest BCUT2D eigenvalue weighted by Gasteiger charge is 2.14. The smallest absolute Gasteiger partial charge is 0.197 e. The van der Waals surface area contributed by atoms with Crippen molar-refractivity contribution in [3.8, 4) is 34.3 Å². The molecule has 0 saturated carbocycles. The molecule has 0 fully saturated rings. The van der Waals surface area contributed by atoms with Gasteiger partial charge in [-0.3, -0.25) is 4.79 Å². The lowest BCUT2D eigenvalue weighted by molar-refractivity contribution is 0.306. The third-order valence-electron chi connectivity index (χ3n) is 4.29. The molecule has 0 bridgehead atoms. The third kappa shape index (κ3) is 4.16. The molecule has 3 N–H and O–H groups in total. The normalized spacial score (nSPS) is 11.0. The van der Waals surface area contributed by atoms with Crippen molar-refractivity contribution in [2.45, 2.75) is 32.6 Å². The van der Waals surface area contributed by atoms with Crippen molar-refractivity contribution in [2.75, 3.05) is 6.61 Å². The first-order valence-electron chi connectivity index (χ1n) is 8.95. The van der Waals surface area contributed by atoms with Gasteiger partial charge in [0.1, 0.15) is 28.2 Å². The van der Waals surface area contributed by atoms with Gasteiger partial charge in [-0.1, -0.05) is 26.2 Å². The largest absolute Gasteiger partial charge is 0.508 e. The first kappa shape index (κ1) is 18.6. The Morgan fingerprint density at radius 1 is 0.963 bits per heavy atom. The van der Waals surface area contributed by atoms with Crippen LogP contribution >= 0.6 is 0 Å². The highest BCUT2D eigenvalue weighted by Crippen LogP contribution is 2.34. The van der Waals surface area contributed by atoms with Gasteiger partial charge in [0.05, 0.1) is 6.61 Å². The van der Waals surface area contributed by atoms with E-state index in [1.54, 1.807) is 0 Å². The van der Waals surface area contributed by atoms with Crippen LogP contribution in [0.5, 0.6) is 23.0 Å². The van der Waals surface area contributed by atoms with Gasteiger partial charge in [-0.25, -0.2) is 0 Å². The highest BCUT2D eigenvalue weighted by atomic mass is 16.5. The summed E-state index contributed by atoms with van der Waals surface area (Å²) in [5.41, 5.74) is 0.297. The van der Waals surface area contributed by atoms with Crippen LogP contribution in [0.2, 0.25) is 0 Å². The fraction of sp³-hybridized carbons (Fsp3) is 0.286. The molecule has 0 aliphatic carbocycles. The van der Waals surface area contributed by atoms with Crippen LogP contribution < -0.4 is 10.2 Å². The first-order chi connectivity index (χ1) is 13.0. The summed E-state index contributed by atoms with van der Waals surface area (Å²) in [6, 6.07) is 8.19. The number of phenols is 3. The minimum absolute atomic E-state index is 0.0695. The second kappa shape index (κ2) is 8.03. The van der Waals surface area contributed by atoms with E-state index in [0.29, 0.717) is 12.2 Å². The standard InChI is InChI=1S/C21H22O6/c1-2-3-4-5-8-26-19-10-14(22)11-20-21(19)17(25)12-18(27-20)13-6-7-15(23)16(24)9-13/h6-7,9-12,22-24H,2-5,8H2,1H3. The number of unbranched alkanes of at least 4 members (excludes halogenated alkanes) is 3. The Morgan fingerprint density at radius 2 is 1.78 bits per heavy atom. The maximum Gasteiger partial charge on any atom is 0.197 e. The Hall–Kier alpha value is -3.15. The van der Waals surface area contributed by atoms with Gasteiger partial charge < -0.3 is 24.5 Å². The number of rotatable bonds is 7. The number of hydrogen-bond acceptors (Lipinski definition) is 6. The summed E-state index contributed by atoms with van der Waals surface area (Å²) in [5, 5.41) is 29.3. The fourth-order valence-electron chi connectivity index (χ4n) is 2.88. The predicted molar refractivity (Wildman–Crippen MR) is 103 cm³/mol. The lowest BCUT2D eigenvalue weighted by Crippen LogP contribution is -2.05. The molecule has 0 aliphatic rings. The van der Waals surface area contributed by atoms with Crippen LogP contribution in [0.4, 0.5) is 0 Å². The van der Waals surface area contributed by atoms with E-state index in [0.717, 1.165) is 25.7 Å². The van der Waals surface area contributed by atoms with E-state index < -0.39 is 0 Å². The van der Waals surface area contributed by atoms with E-state index in [1.807, 2.05) is 0 Å². The molecular formula is C21H22O6. The van der Waals surface area contributed by atoms with Crippen molar-refractivity contribution >= 4 is 11.0 Å². The average molecular weight is 370 g/mol. The van der Waals surface area contributed by atoms with Gasteiger partial charge in [0.25, 0.3) is 0 Å². The molecule has 142 valence electrons. The second-order valence-corrected chi connectivity index (χ2v) is 6.40. The molecule has 0 radical (unpaired) electrons. The van der Waals surface area contributed by atoms with Crippen LogP contribution in [-0.2, 0) is 0 Å². The van der Waals surface area contributed by atoms with Crippen molar-refractivity contribution < 1.29 is 24.5 Å². The monoisotopic (exact) mass is 370 g/mol. The van der Waals surface area contributed by atoms with Crippen molar-refractivity contribution in [3.63, 3.8) is 0 Å². The molecule has 6 heteroatoms. The quantitative estimate of drug-likeness (QED) is 0.417. The maximum atomic E-state index is 12.7. The zero-order chi connectivity index (χ0) is 19.4. The van der Waals surface area contributed by atoms with Crippen LogP contribution in [0.15, 0.2) is 45.6 Å². The van der Waals surface area contributed by atoms with Crippen LogP contribution in [0.3, 0.4) is 0 Å². The van der Waals surface area contributed by atoms with Crippen molar-refractivity contribution in [1.82, 2.24) is 0 Å². The Kier molecular flexibility index (Phi) is 5.54. The Labute approximate surface area is 156 Å². The molecule has 3 rings (SSSR count). The van der Waals surface area contributed by atoms with Crippen LogP contribution in [0.25, 0.3) is 22.3 Å². The van der Waals surface area contributed by atoms with Gasteiger partial charge in [0.15, 0.2) is 16.9 Å². The number of benzene rings is 2. The molecule has 1 heterocycles. The van der Waals surface area contributed by atoms with Gasteiger partial charge in [-0.2, -0.15) is 0 Å². The molecule has 0 saturated heterocycles. The minimum Gasteiger partial charge on any atom is -0.508 e. The van der Waals surface area contributed by atoms with E-state index >= 15 is 0 Å². The fourth-order valence-corrected chi connectivity index (χ4v) is 2.88. The van der Waals surface area contributed by atoms with Gasteiger partial charge in [-0.15, -0.1) is 0 Å². The van der Waals surface area contributed by atoms with Gasteiger partial charge >= 0.3 is 0 Å². The number of aromatic hydroxyl groups is 3. The lowest BCUT2D eigenvalue weighted by atomic mass is 10.1. The average Bonchev–Trinajstić information content (AvgIpc) is 2.63. The zero-order valence-corrected chi connectivity index (χ0v) is 15.1. The van der Waals surface area contributed by atoms with E-state index in [9.17, 15) is 20.1 Å². The van der Waals surface area contributed by atoms with Gasteiger partial charge in [0.2, 0.25) is 0 Å². The third-order valence-corrected chi connectivity index (χ3v) is 4.29. The summed E-state index contributed by atoms with van der Waals surface area (Å²) < 4.78 is 11.5. The summed E-state index contributed by atoms with van der Waals surface area (Å²) in [6.07, 6.45) is 4.14. The van der Waals surface area contributed by atoms with Crippen LogP contribution in [0, 0.1) is 0 Å². The first-order valence-corrected chi connectivity index (χ1v) is 8.95. The SMILES string of the molecule is CCCCCCOc1cc(O)cc2oc(-c3ccc(O)c(O)c3)cc(=O)c12. The molecule has 0 amide bonds. The van der Waals surface area contributed by atoms with E-state index in [2.05, 4.69) is 6.92 Å². The van der Waals surface area contributed by atoms with Crippen molar-refractivity contribution in [1.29, 1.82) is 0 Å². The van der Waals surface area contributed by atoms with Gasteiger partial charge in [-0.05, 0) is 24.6 Å². The van der Waals surface area contributed by atoms with Crippen molar-refractivity contribution in [3.05, 3.63) is 46.6 Å². The summed E-state index contributed by atoms with van der Waals surface area (Å²) in [6.45, 7) is 2.58. The number of ether oxygens (including phenoxy) is 1. The lowest BCUT2D eigenvalue weighted by Gasteiger charge is -2.10. The Morgan fingerprint density at radius 3 is 2.52 bits per heavy atom. The molecule has 2 aromatic carbocycles. The molecule has 0 spiro atoms. The molecule has 3 aromatic rings. The highest BCUT2D eigenvalue weighted by molar-refractivity contribution is 5.86. The minimum atomic E-state index is -0.317. The van der Waals surface area contributed by atoms with Crippen LogP contribution in [-0.4, -0.2) is 21.9 Å². The van der Waals surface area contributed by atoms with E-state index in [1.165, 1.54) is 36.4 Å². The molecule has 0 aliphatic heterocycles.